The fraction of sp³-hybridized carbons (Fsp3) is 0.267. The maximum Gasteiger partial charge on any atom is 0.573 e. The molecule has 1 aromatic heterocycles. The highest BCUT2D eigenvalue weighted by Crippen LogP contribution is 2.27. The van der Waals surface area contributed by atoms with Crippen LogP contribution in [-0.4, -0.2) is 35.6 Å². The zero-order valence-electron chi connectivity index (χ0n) is 13.0. The Labute approximate surface area is 143 Å². The zero-order valence-corrected chi connectivity index (χ0v) is 13.0. The van der Waals surface area contributed by atoms with Crippen LogP contribution in [0.2, 0.25) is 0 Å². The van der Waals surface area contributed by atoms with E-state index in [1.807, 2.05) is 0 Å². The predicted molar refractivity (Wildman–Crippen MR) is 81.1 cm³/mol. The van der Waals surface area contributed by atoms with Gasteiger partial charge in [0.25, 0.3) is 0 Å². The second-order valence-corrected chi connectivity index (χ2v) is 4.81. The van der Waals surface area contributed by atoms with Crippen molar-refractivity contribution in [2.75, 3.05) is 18.4 Å². The summed E-state index contributed by atoms with van der Waals surface area (Å²) >= 11 is 0. The number of benzene rings is 1. The number of anilines is 1. The standard InChI is InChI=1S/C15H12F6N4O/c16-14(17,18)12-5-6-23-13(25-12)24-8-7-22-9-10-3-1-2-4-11(10)26-15(19,20)21/h1-6,9H,7-8H2,(H,23,24,25). The van der Waals surface area contributed by atoms with Crippen LogP contribution >= 0.6 is 0 Å². The summed E-state index contributed by atoms with van der Waals surface area (Å²) < 4.78 is 78.3. The molecule has 0 fully saturated rings. The molecule has 0 saturated carbocycles. The smallest absolute Gasteiger partial charge is 0.405 e. The molecule has 1 N–H and O–H groups in total. The number of nitrogens with zero attached hydrogens (tertiary/aromatic N) is 3. The first-order valence-corrected chi connectivity index (χ1v) is 7.14. The molecule has 0 bridgehead atoms. The van der Waals surface area contributed by atoms with E-state index < -0.39 is 24.0 Å². The van der Waals surface area contributed by atoms with Crippen molar-refractivity contribution in [1.29, 1.82) is 0 Å². The van der Waals surface area contributed by atoms with E-state index >= 15 is 0 Å². The van der Waals surface area contributed by atoms with Gasteiger partial charge in [0.05, 0.1) is 6.54 Å². The Morgan fingerprint density at radius 3 is 2.50 bits per heavy atom. The Hall–Kier alpha value is -2.85. The van der Waals surface area contributed by atoms with Crippen molar-refractivity contribution in [2.24, 2.45) is 4.99 Å². The molecule has 2 aromatic rings. The largest absolute Gasteiger partial charge is 0.573 e. The topological polar surface area (TPSA) is 59.4 Å². The minimum atomic E-state index is -4.83. The Balaban J connectivity index is 1.91. The quantitative estimate of drug-likeness (QED) is 0.470. The molecule has 0 spiro atoms. The lowest BCUT2D eigenvalue weighted by Crippen LogP contribution is -2.18. The fourth-order valence-electron chi connectivity index (χ4n) is 1.80. The third kappa shape index (κ3) is 6.22. The lowest BCUT2D eigenvalue weighted by molar-refractivity contribution is -0.274. The van der Waals surface area contributed by atoms with Crippen molar-refractivity contribution >= 4 is 12.2 Å². The summed E-state index contributed by atoms with van der Waals surface area (Å²) in [6, 6.07) is 6.16. The van der Waals surface area contributed by atoms with Crippen LogP contribution in [0.25, 0.3) is 0 Å². The number of aliphatic imine (C=N–C) groups is 1. The minimum absolute atomic E-state index is 0.0694. The number of alkyl halides is 6. The van der Waals surface area contributed by atoms with Crippen molar-refractivity contribution < 1.29 is 31.1 Å². The molecular formula is C15H12F6N4O. The second-order valence-electron chi connectivity index (χ2n) is 4.81. The Morgan fingerprint density at radius 2 is 1.81 bits per heavy atom. The summed E-state index contributed by atoms with van der Waals surface area (Å²) in [5.74, 6) is -0.631. The number of rotatable bonds is 6. The molecule has 140 valence electrons. The lowest BCUT2D eigenvalue weighted by Gasteiger charge is -2.10. The van der Waals surface area contributed by atoms with Crippen molar-refractivity contribution in [3.05, 3.63) is 47.8 Å². The van der Waals surface area contributed by atoms with Crippen molar-refractivity contribution in [1.82, 2.24) is 9.97 Å². The van der Waals surface area contributed by atoms with E-state index in [0.29, 0.717) is 0 Å². The highest BCUT2D eigenvalue weighted by Gasteiger charge is 2.33. The van der Waals surface area contributed by atoms with Crippen LogP contribution in [0.1, 0.15) is 11.3 Å². The molecule has 2 rings (SSSR count). The van der Waals surface area contributed by atoms with E-state index in [1.54, 1.807) is 0 Å². The number of para-hydroxylation sites is 1. The van der Waals surface area contributed by atoms with Crippen LogP contribution in [0.15, 0.2) is 41.5 Å². The van der Waals surface area contributed by atoms with Crippen LogP contribution in [0.3, 0.4) is 0 Å². The summed E-state index contributed by atoms with van der Waals surface area (Å²) in [5, 5.41) is 2.55. The van der Waals surface area contributed by atoms with Gasteiger partial charge in [-0.3, -0.25) is 4.99 Å². The van der Waals surface area contributed by atoms with Gasteiger partial charge in [0.15, 0.2) is 0 Å². The van der Waals surface area contributed by atoms with E-state index in [4.69, 9.17) is 0 Å². The number of ether oxygens (including phenoxy) is 1. The highest BCUT2D eigenvalue weighted by atomic mass is 19.4. The fourth-order valence-corrected chi connectivity index (χ4v) is 1.80. The molecule has 0 amide bonds. The maximum absolute atomic E-state index is 12.5. The first-order valence-electron chi connectivity index (χ1n) is 7.14. The molecule has 0 aliphatic heterocycles. The number of hydrogen-bond acceptors (Lipinski definition) is 5. The molecule has 0 radical (unpaired) electrons. The van der Waals surface area contributed by atoms with Crippen molar-refractivity contribution in [3.8, 4) is 5.75 Å². The third-order valence-electron chi connectivity index (χ3n) is 2.85. The lowest BCUT2D eigenvalue weighted by atomic mass is 10.2. The molecule has 1 aromatic carbocycles. The van der Waals surface area contributed by atoms with E-state index in [9.17, 15) is 26.3 Å². The molecule has 0 atom stereocenters. The Morgan fingerprint density at radius 1 is 1.08 bits per heavy atom. The minimum Gasteiger partial charge on any atom is -0.405 e. The van der Waals surface area contributed by atoms with E-state index in [1.165, 1.54) is 24.4 Å². The van der Waals surface area contributed by atoms with Gasteiger partial charge in [-0.05, 0) is 18.2 Å². The monoisotopic (exact) mass is 378 g/mol. The Bertz CT molecular complexity index is 760. The Kier molecular flexibility index (Phi) is 6.01. The van der Waals surface area contributed by atoms with Crippen molar-refractivity contribution in [2.45, 2.75) is 12.5 Å². The normalized spacial score (nSPS) is 12.4. The summed E-state index contributed by atoms with van der Waals surface area (Å²) in [4.78, 5) is 10.9. The number of aromatic nitrogens is 2. The van der Waals surface area contributed by atoms with Gasteiger partial charge in [-0.15, -0.1) is 13.2 Å². The molecule has 0 saturated heterocycles. The van der Waals surface area contributed by atoms with Crippen LogP contribution in [0, 0.1) is 0 Å². The molecule has 26 heavy (non-hydrogen) atoms. The van der Waals surface area contributed by atoms with Gasteiger partial charge < -0.3 is 10.1 Å². The second kappa shape index (κ2) is 8.02. The summed E-state index contributed by atoms with van der Waals surface area (Å²) in [5.41, 5.74) is -0.975. The molecule has 0 unspecified atom stereocenters. The first-order chi connectivity index (χ1) is 12.1. The van der Waals surface area contributed by atoms with Crippen LogP contribution in [0.5, 0.6) is 5.75 Å². The average molecular weight is 378 g/mol. The first kappa shape index (κ1) is 19.5. The predicted octanol–water partition coefficient (Wildman–Crippen LogP) is 3.93. The molecule has 1 heterocycles. The van der Waals surface area contributed by atoms with Gasteiger partial charge in [0.2, 0.25) is 5.95 Å². The van der Waals surface area contributed by atoms with Gasteiger partial charge in [0, 0.05) is 24.5 Å². The third-order valence-corrected chi connectivity index (χ3v) is 2.85. The molecule has 0 aliphatic carbocycles. The summed E-state index contributed by atoms with van der Waals surface area (Å²) in [7, 11) is 0. The SMILES string of the molecule is FC(F)(F)Oc1ccccc1C=NCCNc1nccc(C(F)(F)F)n1. The van der Waals surface area contributed by atoms with E-state index in [0.717, 1.165) is 18.3 Å². The summed E-state index contributed by atoms with van der Waals surface area (Å²) in [6.45, 7) is 0.153. The van der Waals surface area contributed by atoms with Crippen LogP contribution in [0.4, 0.5) is 32.3 Å². The van der Waals surface area contributed by atoms with Crippen LogP contribution in [-0.2, 0) is 6.18 Å². The number of halogens is 6. The maximum atomic E-state index is 12.5. The molecule has 5 nitrogen and oxygen atoms in total. The van der Waals surface area contributed by atoms with Crippen LogP contribution < -0.4 is 10.1 Å². The van der Waals surface area contributed by atoms with Gasteiger partial charge in [-0.2, -0.15) is 13.2 Å². The molecular weight excluding hydrogens is 366 g/mol. The molecule has 0 aliphatic rings. The van der Waals surface area contributed by atoms with Gasteiger partial charge >= 0.3 is 12.5 Å². The average Bonchev–Trinajstić information content (AvgIpc) is 2.54. The van der Waals surface area contributed by atoms with Gasteiger partial charge in [-0.25, -0.2) is 9.97 Å². The summed E-state index contributed by atoms with van der Waals surface area (Å²) in [6.07, 6.45) is -7.27. The van der Waals surface area contributed by atoms with Gasteiger partial charge in [0.1, 0.15) is 11.4 Å². The number of hydrogen-bond donors (Lipinski definition) is 1. The van der Waals surface area contributed by atoms with Crippen molar-refractivity contribution in [3.63, 3.8) is 0 Å². The van der Waals surface area contributed by atoms with Gasteiger partial charge in [-0.1, -0.05) is 12.1 Å². The number of nitrogens with one attached hydrogen (secondary N) is 1. The zero-order chi connectivity index (χ0) is 19.2. The van der Waals surface area contributed by atoms with E-state index in [-0.39, 0.29) is 24.6 Å². The van der Waals surface area contributed by atoms with E-state index in [2.05, 4.69) is 25.0 Å². The molecule has 11 heteroatoms. The highest BCUT2D eigenvalue weighted by molar-refractivity contribution is 5.83.